The molecule has 0 bridgehead atoms. The molecule has 146 valence electrons. The van der Waals surface area contributed by atoms with E-state index in [0.717, 1.165) is 40.3 Å². The number of imidazole rings is 1. The minimum atomic E-state index is -0.243. The SMILES string of the molecule is CSCCC(NC(=O)C1COc2ccc(Cl)cc2C1)c1nc2ccccc2[nH]1. The summed E-state index contributed by atoms with van der Waals surface area (Å²) in [5, 5.41) is 3.84. The molecule has 1 aromatic heterocycles. The molecule has 28 heavy (non-hydrogen) atoms. The second-order valence-electron chi connectivity index (χ2n) is 6.95. The quantitative estimate of drug-likeness (QED) is 0.627. The van der Waals surface area contributed by atoms with Gasteiger partial charge in [0, 0.05) is 5.02 Å². The van der Waals surface area contributed by atoms with E-state index in [9.17, 15) is 4.79 Å². The highest BCUT2D eigenvalue weighted by molar-refractivity contribution is 7.98. The highest BCUT2D eigenvalue weighted by atomic mass is 35.5. The van der Waals surface area contributed by atoms with Crippen LogP contribution >= 0.6 is 23.4 Å². The topological polar surface area (TPSA) is 67.0 Å². The Morgan fingerprint density at radius 2 is 2.25 bits per heavy atom. The van der Waals surface area contributed by atoms with Gasteiger partial charge < -0.3 is 15.0 Å². The predicted octanol–water partition coefficient (Wildman–Crippen LogP) is 4.38. The molecule has 0 saturated carbocycles. The molecular formula is C21H22ClN3O2S. The van der Waals surface area contributed by atoms with Gasteiger partial charge in [-0.05, 0) is 60.7 Å². The van der Waals surface area contributed by atoms with Crippen molar-refractivity contribution < 1.29 is 9.53 Å². The molecule has 4 rings (SSSR count). The van der Waals surface area contributed by atoms with Gasteiger partial charge in [-0.2, -0.15) is 11.8 Å². The number of ether oxygens (including phenoxy) is 1. The minimum Gasteiger partial charge on any atom is -0.492 e. The molecule has 1 amide bonds. The number of rotatable bonds is 6. The monoisotopic (exact) mass is 415 g/mol. The molecule has 0 fully saturated rings. The lowest BCUT2D eigenvalue weighted by atomic mass is 9.95. The normalized spacial score (nSPS) is 17.0. The third-order valence-electron chi connectivity index (χ3n) is 4.96. The molecule has 0 aliphatic carbocycles. The summed E-state index contributed by atoms with van der Waals surface area (Å²) in [6.45, 7) is 0.371. The molecule has 1 aliphatic rings. The Morgan fingerprint density at radius 1 is 1.39 bits per heavy atom. The number of benzene rings is 2. The molecule has 2 atom stereocenters. The van der Waals surface area contributed by atoms with Crippen LogP contribution in [0.4, 0.5) is 0 Å². The summed E-state index contributed by atoms with van der Waals surface area (Å²) < 4.78 is 5.78. The second kappa shape index (κ2) is 8.45. The smallest absolute Gasteiger partial charge is 0.227 e. The van der Waals surface area contributed by atoms with Crippen molar-refractivity contribution in [3.8, 4) is 5.75 Å². The largest absolute Gasteiger partial charge is 0.492 e. The Labute approximate surface area is 173 Å². The zero-order chi connectivity index (χ0) is 19.5. The molecular weight excluding hydrogens is 394 g/mol. The first-order valence-corrected chi connectivity index (χ1v) is 11.1. The van der Waals surface area contributed by atoms with Gasteiger partial charge >= 0.3 is 0 Å². The van der Waals surface area contributed by atoms with Crippen LogP contribution in [0.15, 0.2) is 42.5 Å². The van der Waals surface area contributed by atoms with Gasteiger partial charge in [0.05, 0.1) is 23.0 Å². The average Bonchev–Trinajstić information content (AvgIpc) is 3.14. The minimum absolute atomic E-state index is 0.0165. The standard InChI is InChI=1S/C21H22ClN3O2S/c1-28-9-8-18(20-23-16-4-2-3-5-17(16)24-20)25-21(26)14-10-13-11-15(22)6-7-19(13)27-12-14/h2-7,11,14,18H,8-10,12H2,1H3,(H,23,24)(H,25,26). The van der Waals surface area contributed by atoms with Crippen LogP contribution < -0.4 is 10.1 Å². The van der Waals surface area contributed by atoms with Gasteiger partial charge in [0.15, 0.2) is 0 Å². The number of nitrogens with one attached hydrogen (secondary N) is 2. The summed E-state index contributed by atoms with van der Waals surface area (Å²) in [7, 11) is 0. The molecule has 5 nitrogen and oxygen atoms in total. The number of hydrogen-bond acceptors (Lipinski definition) is 4. The van der Waals surface area contributed by atoms with Gasteiger partial charge in [-0.1, -0.05) is 23.7 Å². The Balaban J connectivity index is 1.51. The number of aromatic nitrogens is 2. The lowest BCUT2D eigenvalue weighted by Gasteiger charge is -2.26. The first-order chi connectivity index (χ1) is 13.6. The number of para-hydroxylation sites is 2. The van der Waals surface area contributed by atoms with Crippen molar-refractivity contribution >= 4 is 40.3 Å². The molecule has 2 heterocycles. The Bertz CT molecular complexity index is 958. The maximum atomic E-state index is 13.0. The first kappa shape index (κ1) is 19.2. The summed E-state index contributed by atoms with van der Waals surface area (Å²) in [6, 6.07) is 13.3. The number of amides is 1. The predicted molar refractivity (Wildman–Crippen MR) is 114 cm³/mol. The van der Waals surface area contributed by atoms with Crippen LogP contribution in [0.2, 0.25) is 5.02 Å². The van der Waals surface area contributed by atoms with Gasteiger partial charge in [0.25, 0.3) is 0 Å². The molecule has 0 saturated heterocycles. The van der Waals surface area contributed by atoms with Crippen molar-refractivity contribution in [1.29, 1.82) is 0 Å². The highest BCUT2D eigenvalue weighted by Crippen LogP contribution is 2.30. The second-order valence-corrected chi connectivity index (χ2v) is 8.37. The van der Waals surface area contributed by atoms with Crippen LogP contribution in [0.25, 0.3) is 11.0 Å². The Kier molecular flexibility index (Phi) is 5.78. The van der Waals surface area contributed by atoms with Crippen LogP contribution in [0.5, 0.6) is 5.75 Å². The number of H-pyrrole nitrogens is 1. The number of thioether (sulfide) groups is 1. The average molecular weight is 416 g/mol. The summed E-state index contributed by atoms with van der Waals surface area (Å²) in [5.41, 5.74) is 2.86. The van der Waals surface area contributed by atoms with Gasteiger partial charge in [-0.15, -0.1) is 0 Å². The van der Waals surface area contributed by atoms with E-state index in [0.29, 0.717) is 18.1 Å². The van der Waals surface area contributed by atoms with E-state index in [1.807, 2.05) is 36.4 Å². The summed E-state index contributed by atoms with van der Waals surface area (Å²) in [5.74, 6) is 2.28. The number of hydrogen-bond donors (Lipinski definition) is 2. The number of fused-ring (bicyclic) bond motifs is 2. The van der Waals surface area contributed by atoms with E-state index in [-0.39, 0.29) is 17.9 Å². The number of carbonyl (C=O) groups excluding carboxylic acids is 1. The van der Waals surface area contributed by atoms with Crippen LogP contribution in [-0.4, -0.2) is 34.5 Å². The van der Waals surface area contributed by atoms with Crippen molar-refractivity contribution in [2.75, 3.05) is 18.6 Å². The number of nitrogens with zero attached hydrogens (tertiary/aromatic N) is 1. The van der Waals surface area contributed by atoms with E-state index in [1.54, 1.807) is 17.8 Å². The summed E-state index contributed by atoms with van der Waals surface area (Å²) in [4.78, 5) is 21.0. The molecule has 7 heteroatoms. The maximum Gasteiger partial charge on any atom is 0.227 e. The van der Waals surface area contributed by atoms with Gasteiger partial charge in [-0.3, -0.25) is 4.79 Å². The van der Waals surface area contributed by atoms with Gasteiger partial charge in [0.2, 0.25) is 5.91 Å². The van der Waals surface area contributed by atoms with E-state index >= 15 is 0 Å². The molecule has 3 aromatic rings. The van der Waals surface area contributed by atoms with E-state index in [2.05, 4.69) is 21.5 Å². The fourth-order valence-electron chi connectivity index (χ4n) is 3.47. The number of carbonyl (C=O) groups is 1. The lowest BCUT2D eigenvalue weighted by molar-refractivity contribution is -0.127. The van der Waals surface area contributed by atoms with Gasteiger partial charge in [0.1, 0.15) is 18.2 Å². The lowest BCUT2D eigenvalue weighted by Crippen LogP contribution is -2.39. The Morgan fingerprint density at radius 3 is 3.07 bits per heavy atom. The third-order valence-corrected chi connectivity index (χ3v) is 5.84. The van der Waals surface area contributed by atoms with Crippen LogP contribution in [0.3, 0.4) is 0 Å². The fourth-order valence-corrected chi connectivity index (χ4v) is 4.14. The Hall–Kier alpha value is -2.18. The summed E-state index contributed by atoms with van der Waals surface area (Å²) >= 11 is 7.85. The van der Waals surface area contributed by atoms with E-state index < -0.39 is 0 Å². The van der Waals surface area contributed by atoms with Crippen LogP contribution in [0.1, 0.15) is 23.9 Å². The molecule has 2 aromatic carbocycles. The van der Waals surface area contributed by atoms with E-state index in [4.69, 9.17) is 16.3 Å². The first-order valence-electron chi connectivity index (χ1n) is 9.29. The highest BCUT2D eigenvalue weighted by Gasteiger charge is 2.28. The molecule has 2 N–H and O–H groups in total. The van der Waals surface area contributed by atoms with Crippen molar-refractivity contribution in [3.63, 3.8) is 0 Å². The van der Waals surface area contributed by atoms with Crippen molar-refractivity contribution in [2.24, 2.45) is 5.92 Å². The maximum absolute atomic E-state index is 13.0. The molecule has 0 spiro atoms. The zero-order valence-corrected chi connectivity index (χ0v) is 17.1. The third kappa shape index (κ3) is 4.13. The number of halogens is 1. The van der Waals surface area contributed by atoms with Crippen LogP contribution in [0, 0.1) is 5.92 Å². The zero-order valence-electron chi connectivity index (χ0n) is 15.6. The van der Waals surface area contributed by atoms with Gasteiger partial charge in [-0.25, -0.2) is 4.98 Å². The van der Waals surface area contributed by atoms with Crippen LogP contribution in [-0.2, 0) is 11.2 Å². The van der Waals surface area contributed by atoms with Crippen molar-refractivity contribution in [1.82, 2.24) is 15.3 Å². The van der Waals surface area contributed by atoms with E-state index in [1.165, 1.54) is 0 Å². The molecule has 1 aliphatic heterocycles. The summed E-state index contributed by atoms with van der Waals surface area (Å²) in [6.07, 6.45) is 3.49. The van der Waals surface area contributed by atoms with Crippen molar-refractivity contribution in [2.45, 2.75) is 18.9 Å². The number of aromatic amines is 1. The molecule has 0 radical (unpaired) electrons. The fraction of sp³-hybridized carbons (Fsp3) is 0.333. The van der Waals surface area contributed by atoms with Crippen molar-refractivity contribution in [3.05, 3.63) is 58.9 Å². The molecule has 2 unspecified atom stereocenters.